The van der Waals surface area contributed by atoms with Gasteiger partial charge in [0, 0.05) is 18.9 Å². The van der Waals surface area contributed by atoms with Crippen LogP contribution in [-0.4, -0.2) is 51.6 Å². The molecule has 138 valence electrons. The van der Waals surface area contributed by atoms with Crippen LogP contribution >= 0.6 is 0 Å². The summed E-state index contributed by atoms with van der Waals surface area (Å²) in [4.78, 5) is 26.2. The Morgan fingerprint density at radius 3 is 2.84 bits per heavy atom. The maximum atomic E-state index is 13.2. The molecule has 0 aromatic heterocycles. The van der Waals surface area contributed by atoms with Crippen molar-refractivity contribution in [3.8, 4) is 0 Å². The Morgan fingerprint density at radius 1 is 1.48 bits per heavy atom. The van der Waals surface area contributed by atoms with Gasteiger partial charge in [0.1, 0.15) is 12.2 Å². The predicted molar refractivity (Wildman–Crippen MR) is 89.7 cm³/mol. The Bertz CT molecular complexity index is 593. The second-order valence-corrected chi connectivity index (χ2v) is 7.01. The second kappa shape index (κ2) is 7.02. The molecule has 25 heavy (non-hydrogen) atoms. The van der Waals surface area contributed by atoms with Crippen molar-refractivity contribution in [2.45, 2.75) is 44.3 Å². The molecule has 0 aromatic rings. The fourth-order valence-electron chi connectivity index (χ4n) is 4.80. The minimum atomic E-state index is -1.31. The van der Waals surface area contributed by atoms with E-state index in [0.717, 1.165) is 24.8 Å². The first kappa shape index (κ1) is 18.3. The first-order valence-corrected chi connectivity index (χ1v) is 8.73. The van der Waals surface area contributed by atoms with Crippen LogP contribution in [0.15, 0.2) is 24.3 Å². The van der Waals surface area contributed by atoms with E-state index in [1.807, 2.05) is 0 Å². The molecule has 0 bridgehead atoms. The van der Waals surface area contributed by atoms with Gasteiger partial charge in [0.2, 0.25) is 0 Å². The highest BCUT2D eigenvalue weighted by Crippen LogP contribution is 2.63. The van der Waals surface area contributed by atoms with Crippen LogP contribution in [0.5, 0.6) is 0 Å². The third-order valence-corrected chi connectivity index (χ3v) is 5.85. The van der Waals surface area contributed by atoms with Gasteiger partial charge in [-0.25, -0.2) is 0 Å². The Morgan fingerprint density at radius 2 is 2.24 bits per heavy atom. The zero-order valence-corrected chi connectivity index (χ0v) is 14.9. The van der Waals surface area contributed by atoms with Crippen LogP contribution in [-0.2, 0) is 28.5 Å². The molecule has 1 heterocycles. The molecule has 1 aliphatic heterocycles. The Kier molecular flexibility index (Phi) is 5.14. The highest BCUT2D eigenvalue weighted by atomic mass is 16.7. The van der Waals surface area contributed by atoms with Crippen molar-refractivity contribution in [3.05, 3.63) is 24.3 Å². The van der Waals surface area contributed by atoms with Gasteiger partial charge >= 0.3 is 5.97 Å². The number of carbonyl (C=O) groups excluding carboxylic acids is 2. The Labute approximate surface area is 148 Å². The summed E-state index contributed by atoms with van der Waals surface area (Å²) < 4.78 is 21.6. The van der Waals surface area contributed by atoms with Gasteiger partial charge in [0.15, 0.2) is 5.78 Å². The number of methoxy groups -OCH3 is 2. The lowest BCUT2D eigenvalue weighted by atomic mass is 9.53. The minimum Gasteiger partial charge on any atom is -0.468 e. The van der Waals surface area contributed by atoms with Gasteiger partial charge in [0.25, 0.3) is 0 Å². The van der Waals surface area contributed by atoms with E-state index in [9.17, 15) is 9.59 Å². The van der Waals surface area contributed by atoms with Gasteiger partial charge in [0.05, 0.1) is 25.9 Å². The van der Waals surface area contributed by atoms with Gasteiger partial charge < -0.3 is 18.9 Å². The maximum Gasteiger partial charge on any atom is 0.320 e. The number of rotatable bonds is 8. The summed E-state index contributed by atoms with van der Waals surface area (Å²) in [6, 6.07) is 0. The third kappa shape index (κ3) is 2.67. The van der Waals surface area contributed by atoms with Crippen molar-refractivity contribution in [1.82, 2.24) is 0 Å². The van der Waals surface area contributed by atoms with Crippen molar-refractivity contribution in [2.75, 3.05) is 27.6 Å². The van der Waals surface area contributed by atoms with Gasteiger partial charge in [-0.2, -0.15) is 0 Å². The average Bonchev–Trinajstić information content (AvgIpc) is 3.39. The molecule has 3 aliphatic rings. The number of allylic oxidation sites excluding steroid dienone is 2. The average molecular weight is 350 g/mol. The quantitative estimate of drug-likeness (QED) is 0.220. The summed E-state index contributed by atoms with van der Waals surface area (Å²) in [7, 11) is 2.89. The lowest BCUT2D eigenvalue weighted by molar-refractivity contribution is -0.184. The molecule has 6 heteroatoms. The Balaban J connectivity index is 2.14. The molecule has 0 unspecified atom stereocenters. The van der Waals surface area contributed by atoms with Crippen molar-refractivity contribution in [3.63, 3.8) is 0 Å². The standard InChI is InChI=1S/C19H26O6/c1-4-8-18-13(6-5-7-16(18)25-12-22-2)9-15(20)19(18,17(21)23-3)10-14-11-24-14/h4,9,14,16H,1,5-8,10-12H2,2-3H3/t14-,16-,18-,19+/m1/s1. The summed E-state index contributed by atoms with van der Waals surface area (Å²) >= 11 is 0. The molecule has 6 nitrogen and oxygen atoms in total. The summed E-state index contributed by atoms with van der Waals surface area (Å²) in [6.45, 7) is 4.56. The molecule has 3 rings (SSSR count). The van der Waals surface area contributed by atoms with Crippen molar-refractivity contribution < 1.29 is 28.5 Å². The van der Waals surface area contributed by atoms with E-state index in [1.54, 1.807) is 19.3 Å². The van der Waals surface area contributed by atoms with Crippen LogP contribution in [0, 0.1) is 10.8 Å². The highest BCUT2D eigenvalue weighted by molar-refractivity contribution is 6.13. The number of esters is 1. The lowest BCUT2D eigenvalue weighted by Crippen LogP contribution is -2.58. The molecular weight excluding hydrogens is 324 g/mol. The first-order valence-electron chi connectivity index (χ1n) is 8.73. The second-order valence-electron chi connectivity index (χ2n) is 7.01. The zero-order valence-electron chi connectivity index (χ0n) is 14.9. The van der Waals surface area contributed by atoms with E-state index in [-0.39, 0.29) is 24.8 Å². The normalized spacial score (nSPS) is 36.6. The fourth-order valence-corrected chi connectivity index (χ4v) is 4.80. The molecule has 0 amide bonds. The molecule has 0 spiro atoms. The molecule has 4 atom stereocenters. The molecule has 2 fully saturated rings. The minimum absolute atomic E-state index is 0.0949. The van der Waals surface area contributed by atoms with Gasteiger partial charge in [-0.05, 0) is 31.8 Å². The number of ketones is 1. The number of epoxide rings is 1. The molecule has 0 aromatic carbocycles. The van der Waals surface area contributed by atoms with E-state index >= 15 is 0 Å². The molecule has 1 saturated heterocycles. The predicted octanol–water partition coefficient (Wildman–Crippen LogP) is 2.18. The molecule has 2 aliphatic carbocycles. The zero-order chi connectivity index (χ0) is 18.1. The molecule has 0 radical (unpaired) electrons. The summed E-state index contributed by atoms with van der Waals surface area (Å²) in [5.41, 5.74) is -1.12. The molecular formula is C19H26O6. The Hall–Kier alpha value is -1.50. The van der Waals surface area contributed by atoms with E-state index in [2.05, 4.69) is 6.58 Å². The number of carbonyl (C=O) groups is 2. The fraction of sp³-hybridized carbons (Fsp3) is 0.684. The molecule has 1 saturated carbocycles. The van der Waals surface area contributed by atoms with Crippen LogP contribution in [0.25, 0.3) is 0 Å². The van der Waals surface area contributed by atoms with Gasteiger partial charge in [-0.1, -0.05) is 11.6 Å². The van der Waals surface area contributed by atoms with Crippen LogP contribution in [0.2, 0.25) is 0 Å². The van der Waals surface area contributed by atoms with E-state index in [0.29, 0.717) is 19.4 Å². The highest BCUT2D eigenvalue weighted by Gasteiger charge is 2.70. The van der Waals surface area contributed by atoms with Crippen LogP contribution < -0.4 is 0 Å². The lowest BCUT2D eigenvalue weighted by Gasteiger charge is -2.51. The number of hydrogen-bond acceptors (Lipinski definition) is 6. The summed E-state index contributed by atoms with van der Waals surface area (Å²) in [6.07, 6.45) is 6.24. The van der Waals surface area contributed by atoms with Crippen molar-refractivity contribution >= 4 is 11.8 Å². The van der Waals surface area contributed by atoms with Crippen LogP contribution in [0.4, 0.5) is 0 Å². The number of ether oxygens (including phenoxy) is 4. The monoisotopic (exact) mass is 350 g/mol. The van der Waals surface area contributed by atoms with Crippen molar-refractivity contribution in [1.29, 1.82) is 0 Å². The van der Waals surface area contributed by atoms with Gasteiger partial charge in [-0.3, -0.25) is 9.59 Å². The van der Waals surface area contributed by atoms with E-state index in [4.69, 9.17) is 18.9 Å². The third-order valence-electron chi connectivity index (χ3n) is 5.85. The summed E-state index contributed by atoms with van der Waals surface area (Å²) in [5, 5.41) is 0. The van der Waals surface area contributed by atoms with E-state index < -0.39 is 16.8 Å². The van der Waals surface area contributed by atoms with Gasteiger partial charge in [-0.15, -0.1) is 6.58 Å². The SMILES string of the molecule is C=CC[C@]12C(=CC(=O)[C@@]1(C[C@@H]1CO1)C(=O)OC)CCC[C@H]2OCOC. The smallest absolute Gasteiger partial charge is 0.320 e. The number of hydrogen-bond donors (Lipinski definition) is 0. The summed E-state index contributed by atoms with van der Waals surface area (Å²) in [5.74, 6) is -0.700. The maximum absolute atomic E-state index is 13.2. The molecule has 0 N–H and O–H groups in total. The topological polar surface area (TPSA) is 74.4 Å². The van der Waals surface area contributed by atoms with Crippen molar-refractivity contribution in [2.24, 2.45) is 10.8 Å². The van der Waals surface area contributed by atoms with Crippen LogP contribution in [0.3, 0.4) is 0 Å². The largest absolute Gasteiger partial charge is 0.468 e. The van der Waals surface area contributed by atoms with Crippen LogP contribution in [0.1, 0.15) is 32.1 Å². The van der Waals surface area contributed by atoms with E-state index in [1.165, 1.54) is 7.11 Å². The number of fused-ring (bicyclic) bond motifs is 1. The first-order chi connectivity index (χ1) is 12.1.